The first kappa shape index (κ1) is 18.4. The van der Waals surface area contributed by atoms with Crippen molar-refractivity contribution in [3.63, 3.8) is 0 Å². The predicted octanol–water partition coefficient (Wildman–Crippen LogP) is 2.23. The van der Waals surface area contributed by atoms with Crippen LogP contribution in [0.2, 0.25) is 0 Å². The fraction of sp³-hybridized carbons (Fsp3) is 0.588. The molecule has 1 fully saturated rings. The van der Waals surface area contributed by atoms with Crippen molar-refractivity contribution in [2.24, 2.45) is 11.8 Å². The van der Waals surface area contributed by atoms with Crippen LogP contribution in [0.4, 0.5) is 0 Å². The zero-order chi connectivity index (χ0) is 17.5. The average molecular weight is 351 g/mol. The lowest BCUT2D eigenvalue weighted by molar-refractivity contribution is -0.133. The van der Waals surface area contributed by atoms with Gasteiger partial charge in [0.05, 0.1) is 4.88 Å². The number of hydrogen-bond acceptors (Lipinski definition) is 4. The SMILES string of the molecule is CC(C)C(NC(=O)C1CCCCC1)C(=O)NNC(=O)c1cccs1. The number of hydrogen-bond donors (Lipinski definition) is 3. The van der Waals surface area contributed by atoms with E-state index in [2.05, 4.69) is 16.2 Å². The minimum atomic E-state index is -0.664. The van der Waals surface area contributed by atoms with Crippen molar-refractivity contribution >= 4 is 29.1 Å². The lowest BCUT2D eigenvalue weighted by Gasteiger charge is -2.26. The third-order valence-electron chi connectivity index (χ3n) is 4.27. The molecule has 0 radical (unpaired) electrons. The molecule has 1 aromatic heterocycles. The molecule has 1 unspecified atom stereocenters. The monoisotopic (exact) mass is 351 g/mol. The zero-order valence-electron chi connectivity index (χ0n) is 14.1. The van der Waals surface area contributed by atoms with Crippen molar-refractivity contribution in [1.29, 1.82) is 0 Å². The van der Waals surface area contributed by atoms with E-state index >= 15 is 0 Å². The summed E-state index contributed by atoms with van der Waals surface area (Å²) in [6.45, 7) is 3.74. The van der Waals surface area contributed by atoms with Gasteiger partial charge >= 0.3 is 0 Å². The van der Waals surface area contributed by atoms with Crippen LogP contribution in [0.5, 0.6) is 0 Å². The van der Waals surface area contributed by atoms with Gasteiger partial charge in [-0.25, -0.2) is 0 Å². The lowest BCUT2D eigenvalue weighted by Crippen LogP contribution is -2.55. The van der Waals surface area contributed by atoms with Gasteiger partial charge in [0.25, 0.3) is 11.8 Å². The second kappa shape index (κ2) is 8.82. The number of hydrazine groups is 1. The molecule has 1 aliphatic carbocycles. The third kappa shape index (κ3) is 5.06. The van der Waals surface area contributed by atoms with Gasteiger partial charge in [-0.1, -0.05) is 39.2 Å². The van der Waals surface area contributed by atoms with Gasteiger partial charge in [0.15, 0.2) is 0 Å². The molecule has 0 aliphatic heterocycles. The van der Waals surface area contributed by atoms with Crippen LogP contribution in [-0.4, -0.2) is 23.8 Å². The molecule has 3 amide bonds. The molecule has 7 heteroatoms. The minimum Gasteiger partial charge on any atom is -0.344 e. The lowest BCUT2D eigenvalue weighted by atomic mass is 9.88. The van der Waals surface area contributed by atoms with Crippen molar-refractivity contribution in [2.45, 2.75) is 52.0 Å². The molecular weight excluding hydrogens is 326 g/mol. The Bertz CT molecular complexity index is 566. The summed E-state index contributed by atoms with van der Waals surface area (Å²) in [6, 6.07) is 2.78. The van der Waals surface area contributed by atoms with Gasteiger partial charge in [-0.2, -0.15) is 0 Å². The second-order valence-electron chi connectivity index (χ2n) is 6.49. The van der Waals surface area contributed by atoms with Gasteiger partial charge in [0.2, 0.25) is 5.91 Å². The normalized spacial score (nSPS) is 16.5. The third-order valence-corrected chi connectivity index (χ3v) is 5.14. The largest absolute Gasteiger partial charge is 0.344 e. The maximum absolute atomic E-state index is 12.4. The van der Waals surface area contributed by atoms with Crippen LogP contribution in [0.1, 0.15) is 55.6 Å². The maximum atomic E-state index is 12.4. The number of carbonyl (C=O) groups excluding carboxylic acids is 3. The second-order valence-corrected chi connectivity index (χ2v) is 7.43. The van der Waals surface area contributed by atoms with Crippen LogP contribution < -0.4 is 16.2 Å². The van der Waals surface area contributed by atoms with Gasteiger partial charge in [-0.05, 0) is 30.2 Å². The number of carbonyl (C=O) groups is 3. The van der Waals surface area contributed by atoms with Crippen molar-refractivity contribution in [3.8, 4) is 0 Å². The van der Waals surface area contributed by atoms with Crippen molar-refractivity contribution in [2.75, 3.05) is 0 Å². The molecule has 0 bridgehead atoms. The molecule has 0 aromatic carbocycles. The molecule has 1 aliphatic rings. The van der Waals surface area contributed by atoms with E-state index in [1.807, 2.05) is 13.8 Å². The van der Waals surface area contributed by atoms with E-state index < -0.39 is 11.9 Å². The van der Waals surface area contributed by atoms with Crippen LogP contribution in [-0.2, 0) is 9.59 Å². The molecule has 0 spiro atoms. The molecule has 132 valence electrons. The highest BCUT2D eigenvalue weighted by atomic mass is 32.1. The fourth-order valence-corrected chi connectivity index (χ4v) is 3.46. The summed E-state index contributed by atoms with van der Waals surface area (Å²) in [5.41, 5.74) is 4.81. The molecule has 1 atom stereocenters. The Hall–Kier alpha value is -1.89. The number of thiophene rings is 1. The maximum Gasteiger partial charge on any atom is 0.279 e. The summed E-state index contributed by atoms with van der Waals surface area (Å²) in [7, 11) is 0. The average Bonchev–Trinajstić information content (AvgIpc) is 3.12. The van der Waals surface area contributed by atoms with Crippen molar-refractivity contribution in [1.82, 2.24) is 16.2 Å². The van der Waals surface area contributed by atoms with Gasteiger partial charge in [0.1, 0.15) is 6.04 Å². The minimum absolute atomic E-state index is 0.00601. The molecule has 1 saturated carbocycles. The summed E-state index contributed by atoms with van der Waals surface area (Å²) < 4.78 is 0. The smallest absolute Gasteiger partial charge is 0.279 e. The highest BCUT2D eigenvalue weighted by molar-refractivity contribution is 7.12. The van der Waals surface area contributed by atoms with Crippen molar-refractivity contribution < 1.29 is 14.4 Å². The molecule has 1 heterocycles. The Morgan fingerprint density at radius 2 is 1.83 bits per heavy atom. The first-order valence-corrected chi connectivity index (χ1v) is 9.31. The van der Waals surface area contributed by atoms with Gasteiger partial charge in [0, 0.05) is 5.92 Å². The first-order chi connectivity index (χ1) is 11.5. The Labute approximate surface area is 146 Å². The van der Waals surface area contributed by atoms with E-state index in [4.69, 9.17) is 0 Å². The van der Waals surface area contributed by atoms with E-state index in [1.54, 1.807) is 17.5 Å². The predicted molar refractivity (Wildman–Crippen MR) is 93.3 cm³/mol. The van der Waals surface area contributed by atoms with Gasteiger partial charge in [-0.3, -0.25) is 25.2 Å². The van der Waals surface area contributed by atoms with Crippen LogP contribution >= 0.6 is 11.3 Å². The quantitative estimate of drug-likeness (QED) is 0.711. The van der Waals surface area contributed by atoms with E-state index in [0.29, 0.717) is 4.88 Å². The standard InChI is InChI=1S/C17H25N3O3S/c1-11(2)14(18-15(21)12-7-4-3-5-8-12)17(23)20-19-16(22)13-9-6-10-24-13/h6,9-12,14H,3-5,7-8H2,1-2H3,(H,18,21)(H,19,22)(H,20,23). The van der Waals surface area contributed by atoms with Crippen LogP contribution in [0.15, 0.2) is 17.5 Å². The number of amides is 3. The number of rotatable bonds is 5. The summed E-state index contributed by atoms with van der Waals surface area (Å²) in [5.74, 6) is -0.906. The highest BCUT2D eigenvalue weighted by Gasteiger charge is 2.28. The van der Waals surface area contributed by atoms with E-state index in [9.17, 15) is 14.4 Å². The Kier molecular flexibility index (Phi) is 6.78. The molecule has 6 nitrogen and oxygen atoms in total. The number of nitrogens with one attached hydrogen (secondary N) is 3. The molecule has 24 heavy (non-hydrogen) atoms. The van der Waals surface area contributed by atoms with E-state index in [0.717, 1.165) is 25.7 Å². The van der Waals surface area contributed by atoms with E-state index in [-0.39, 0.29) is 23.7 Å². The molecular formula is C17H25N3O3S. The molecule has 2 rings (SSSR count). The Balaban J connectivity index is 1.87. The Morgan fingerprint density at radius 1 is 1.12 bits per heavy atom. The summed E-state index contributed by atoms with van der Waals surface area (Å²) in [4.78, 5) is 37.1. The molecule has 3 N–H and O–H groups in total. The van der Waals surface area contributed by atoms with Gasteiger partial charge in [-0.15, -0.1) is 11.3 Å². The summed E-state index contributed by atoms with van der Waals surface area (Å²) >= 11 is 1.29. The van der Waals surface area contributed by atoms with Crippen LogP contribution in [0, 0.1) is 11.8 Å². The molecule has 1 aromatic rings. The highest BCUT2D eigenvalue weighted by Crippen LogP contribution is 2.24. The summed E-state index contributed by atoms with van der Waals surface area (Å²) in [5, 5.41) is 4.63. The fourth-order valence-electron chi connectivity index (χ4n) is 2.84. The van der Waals surface area contributed by atoms with Crippen LogP contribution in [0.25, 0.3) is 0 Å². The van der Waals surface area contributed by atoms with E-state index in [1.165, 1.54) is 17.8 Å². The first-order valence-electron chi connectivity index (χ1n) is 8.43. The zero-order valence-corrected chi connectivity index (χ0v) is 14.9. The van der Waals surface area contributed by atoms with Crippen molar-refractivity contribution in [3.05, 3.63) is 22.4 Å². The topological polar surface area (TPSA) is 87.3 Å². The summed E-state index contributed by atoms with van der Waals surface area (Å²) in [6.07, 6.45) is 5.06. The Morgan fingerprint density at radius 3 is 2.42 bits per heavy atom. The van der Waals surface area contributed by atoms with Crippen LogP contribution in [0.3, 0.4) is 0 Å². The van der Waals surface area contributed by atoms with Gasteiger partial charge < -0.3 is 5.32 Å². The molecule has 0 saturated heterocycles.